The number of likely N-dealkylation sites (N-methyl/N-ethyl adjacent to an activating group) is 3. The lowest BCUT2D eigenvalue weighted by Crippen LogP contribution is -2.62. The highest BCUT2D eigenvalue weighted by molar-refractivity contribution is 8.00. The maximum absolute atomic E-state index is 15.7. The minimum absolute atomic E-state index is 0.0101. The third-order valence-corrected chi connectivity index (χ3v) is 25.8. The number of primary amides is 2. The first-order valence-corrected chi connectivity index (χ1v) is 46.9. The number of carbonyl (C=O) groups excluding carboxylic acids is 17. The largest absolute Gasteiger partial charge is 0.508 e. The van der Waals surface area contributed by atoms with Crippen molar-refractivity contribution in [2.45, 2.75) is 209 Å². The highest BCUT2D eigenvalue weighted by atomic mass is 32.2. The van der Waals surface area contributed by atoms with Crippen LogP contribution in [0.15, 0.2) is 84.4 Å². The number of aromatic nitrogens is 1. The summed E-state index contributed by atoms with van der Waals surface area (Å²) < 4.78 is 0.819. The Kier molecular flexibility index (Phi) is 40.0. The summed E-state index contributed by atoms with van der Waals surface area (Å²) in [6, 6.07) is -1.70. The van der Waals surface area contributed by atoms with E-state index >= 15 is 33.6 Å². The Balaban J connectivity index is 1.18. The van der Waals surface area contributed by atoms with E-state index in [0.717, 1.165) is 41.4 Å². The third-order valence-electron chi connectivity index (χ3n) is 23.1. The maximum atomic E-state index is 15.7. The van der Waals surface area contributed by atoms with Crippen LogP contribution >= 0.6 is 34.9 Å². The van der Waals surface area contributed by atoms with Crippen LogP contribution in [0.1, 0.15) is 121 Å². The van der Waals surface area contributed by atoms with Crippen molar-refractivity contribution in [1.29, 1.82) is 5.41 Å². The number of H-pyrrole nitrogens is 1. The first kappa shape index (κ1) is 104. The van der Waals surface area contributed by atoms with Gasteiger partial charge in [-0.05, 0) is 134 Å². The number of nitrogens with two attached hydrogens (primary N) is 3. The molecule has 14 atom stereocenters. The number of carbonyl (C=O) groups is 17. The molecule has 5 aromatic rings. The van der Waals surface area contributed by atoms with Crippen molar-refractivity contribution in [2.75, 3.05) is 84.1 Å². The van der Waals surface area contributed by atoms with Crippen molar-refractivity contribution in [1.82, 2.24) is 88.0 Å². The summed E-state index contributed by atoms with van der Waals surface area (Å²) in [5.74, 6) is -17.6. The van der Waals surface area contributed by atoms with Gasteiger partial charge in [0.2, 0.25) is 100 Å². The smallest absolute Gasteiger partial charge is 0.246 e. The normalized spacial score (nSPS) is 24.6. The van der Waals surface area contributed by atoms with Crippen LogP contribution in [-0.2, 0) is 101 Å². The van der Waals surface area contributed by atoms with E-state index in [1.165, 1.54) is 80.3 Å². The number of amides is 17. The second kappa shape index (κ2) is 50.3. The Labute approximate surface area is 770 Å². The number of guanidine groups is 1. The van der Waals surface area contributed by atoms with Crippen LogP contribution in [-0.4, -0.2) is 320 Å². The molecule has 131 heavy (non-hydrogen) atoms. The van der Waals surface area contributed by atoms with Gasteiger partial charge in [0.25, 0.3) is 0 Å². The van der Waals surface area contributed by atoms with E-state index in [2.05, 4.69) is 63.5 Å². The fourth-order valence-corrected chi connectivity index (χ4v) is 18.2. The molecule has 3 aliphatic heterocycles. The number of rotatable bonds is 25. The molecule has 3 fully saturated rings. The summed E-state index contributed by atoms with van der Waals surface area (Å²) >= 11 is 3.45. The second-order valence-corrected chi connectivity index (χ2v) is 36.1. The van der Waals surface area contributed by atoms with E-state index in [0.29, 0.717) is 40.4 Å². The SMILES string of the molecule is CCCC[C@H]1C(=O)N[C@@H](CCCNC(=N)N)C(=O)NC(C(=O)NCC(N)=O)CSCC(=O)N[C@@H](Cc2ccc(O)cc2)C(=O)N(C)[C@@H](C)C(=O)N[C@@H](CC(N)=O)C(=O)N2CCC[C@H]2C(=O)N[C@@H](CO)C(=O)N[C@@H](CC(C)C)C(=O)N2CCC[C@H]2C(=O)N[C@@H](Cc2c[nH]c3ccccc23)C(=O)N[C@@H](CO)C(=O)N[C@@H](Cc2csc3ccccc23)C(=O)N(C)[C@@H](CCSC)C(=O)N1C. The monoisotopic (exact) mass is 1880 g/mol. The molecule has 3 aliphatic rings. The molecule has 44 heteroatoms. The van der Waals surface area contributed by atoms with Gasteiger partial charge in [-0.25, -0.2) is 0 Å². The average Bonchev–Trinajstić information content (AvgIpc) is 1.81. The Morgan fingerprint density at radius 3 is 1.71 bits per heavy atom. The van der Waals surface area contributed by atoms with Gasteiger partial charge in [0.1, 0.15) is 90.3 Å². The molecule has 0 radical (unpaired) electrons. The van der Waals surface area contributed by atoms with Crippen LogP contribution in [0.3, 0.4) is 0 Å². The number of hydrogen-bond donors (Lipinski definition) is 19. The molecule has 0 bridgehead atoms. The predicted molar refractivity (Wildman–Crippen MR) is 490 cm³/mol. The number of aliphatic hydroxyl groups excluding tert-OH is 2. The molecule has 3 saturated heterocycles. The molecule has 714 valence electrons. The number of aromatic hydroxyl groups is 1. The fourth-order valence-electron chi connectivity index (χ4n) is 15.9. The number of nitrogens with one attached hydrogen (secondary N) is 13. The molecule has 8 rings (SSSR count). The van der Waals surface area contributed by atoms with Crippen LogP contribution in [0.4, 0.5) is 0 Å². The summed E-state index contributed by atoms with van der Waals surface area (Å²) in [7, 11) is 3.91. The standard InChI is InChI=1S/C87H123N21O20S3/c1-9-10-22-65-79(121)96-56(21-15-31-92-87(90)91)75(117)103-64(74(116)94-41-71(89)113)45-130-46-72(114)95-59(36-49-26-28-52(111)29-27-49)82(124)104(5)48(4)73(115)98-61(39-70(88)112)85(127)108-33-17-24-67(108)81(123)102-63(43-110)78(120)99-58(35-47(2)3)84(126)107-32-16-23-66(107)80(122)97-57(37-50-40-93-55-20-13-11-18-53(50)55)76(118)101-62(42-109)77(119)100-60(38-51-44-131-69-25-14-12-19-54(51)69)83(125)106(7)68(30-34-129-8)86(128)105(65)6/h11-14,18-20,25-29,40,44,47-48,56-68,93,109-111H,9-10,15-17,21-24,30-39,41-43,45-46H2,1-8H3,(H2,88,112)(H2,89,113)(H,94,116)(H,95,114)(H,96,121)(H,97,122)(H,98,115)(H,99,120)(H,100,119)(H,101,118)(H,102,123)(H,103,117)(H4,90,91,92)/t48-,56-,57-,58-,59-,60-,61-,62-,63-,64?,65-,66-,67-,68-/m0/s1. The van der Waals surface area contributed by atoms with Crippen LogP contribution in [0.5, 0.6) is 5.75 Å². The van der Waals surface area contributed by atoms with Crippen molar-refractivity contribution >= 4 is 162 Å². The Bertz CT molecular complexity index is 4920. The molecule has 41 nitrogen and oxygen atoms in total. The molecule has 1 unspecified atom stereocenters. The molecule has 0 saturated carbocycles. The highest BCUT2D eigenvalue weighted by Crippen LogP contribution is 2.30. The number of nitrogens with zero attached hydrogens (tertiary/aromatic N) is 5. The zero-order valence-electron chi connectivity index (χ0n) is 74.7. The first-order valence-electron chi connectivity index (χ1n) is 43.5. The number of fused-ring (bicyclic) bond motifs is 4. The topological polar surface area (TPSA) is 617 Å². The molecule has 22 N–H and O–H groups in total. The van der Waals surface area contributed by atoms with Crippen molar-refractivity contribution in [3.05, 3.63) is 101 Å². The molecular weight excluding hydrogens is 1760 g/mol. The molecule has 3 aromatic carbocycles. The van der Waals surface area contributed by atoms with Gasteiger partial charge in [-0.15, -0.1) is 23.1 Å². The average molecular weight is 1880 g/mol. The predicted octanol–water partition coefficient (Wildman–Crippen LogP) is -2.58. The molecule has 5 heterocycles. The fraction of sp³-hybridized carbons (Fsp3) is 0.540. The first-order chi connectivity index (χ1) is 62.4. The molecule has 2 aromatic heterocycles. The number of unbranched alkanes of at least 4 members (excludes halogenated alkanes) is 1. The molecule has 17 amide bonds. The van der Waals surface area contributed by atoms with Gasteiger partial charge >= 0.3 is 0 Å². The Morgan fingerprint density at radius 2 is 1.10 bits per heavy atom. The molecule has 0 spiro atoms. The lowest BCUT2D eigenvalue weighted by atomic mass is 10.0. The van der Waals surface area contributed by atoms with E-state index in [4.69, 9.17) is 22.6 Å². The minimum Gasteiger partial charge on any atom is -0.508 e. The van der Waals surface area contributed by atoms with Crippen molar-refractivity contribution < 1.29 is 96.8 Å². The quantitative estimate of drug-likeness (QED) is 0.0162. The summed E-state index contributed by atoms with van der Waals surface area (Å²) in [5, 5.41) is 71.9. The third kappa shape index (κ3) is 29.4. The van der Waals surface area contributed by atoms with Gasteiger partial charge in [0.05, 0.1) is 31.9 Å². The van der Waals surface area contributed by atoms with Gasteiger partial charge in [0.15, 0.2) is 5.96 Å². The lowest BCUT2D eigenvalue weighted by Gasteiger charge is -2.36. The maximum Gasteiger partial charge on any atom is 0.246 e. The van der Waals surface area contributed by atoms with E-state index < -0.39 is 229 Å². The van der Waals surface area contributed by atoms with E-state index in [1.807, 2.05) is 25.1 Å². The summed E-state index contributed by atoms with van der Waals surface area (Å²) in [5.41, 5.74) is 18.9. The van der Waals surface area contributed by atoms with Crippen LogP contribution in [0, 0.1) is 11.3 Å². The van der Waals surface area contributed by atoms with Crippen LogP contribution in [0.25, 0.3) is 21.0 Å². The van der Waals surface area contributed by atoms with Gasteiger partial charge in [-0.3, -0.25) is 86.9 Å². The van der Waals surface area contributed by atoms with Crippen molar-refractivity contribution in [3.63, 3.8) is 0 Å². The number of hydrogen-bond acceptors (Lipinski definition) is 24. The number of phenolic OH excluding ortho intramolecular Hbond substituents is 1. The van der Waals surface area contributed by atoms with Gasteiger partial charge in [0, 0.05) is 87.6 Å². The summed E-state index contributed by atoms with van der Waals surface area (Å²) in [4.78, 5) is 257. The van der Waals surface area contributed by atoms with E-state index in [-0.39, 0.29) is 114 Å². The number of thioether (sulfide) groups is 2. The van der Waals surface area contributed by atoms with Crippen molar-refractivity contribution in [2.24, 2.45) is 23.1 Å². The lowest BCUT2D eigenvalue weighted by molar-refractivity contribution is -0.149. The zero-order chi connectivity index (χ0) is 96.0. The Morgan fingerprint density at radius 1 is 0.557 bits per heavy atom. The van der Waals surface area contributed by atoms with Crippen LogP contribution < -0.4 is 75.7 Å². The van der Waals surface area contributed by atoms with Crippen LogP contribution in [0.2, 0.25) is 0 Å². The highest BCUT2D eigenvalue weighted by Gasteiger charge is 2.45. The number of benzene rings is 3. The summed E-state index contributed by atoms with van der Waals surface area (Å²) in [6.07, 6.45) is 2.82. The van der Waals surface area contributed by atoms with Crippen molar-refractivity contribution in [3.8, 4) is 5.75 Å². The second-order valence-electron chi connectivity index (χ2n) is 33.2. The van der Waals surface area contributed by atoms with Gasteiger partial charge in [-0.2, -0.15) is 11.8 Å². The van der Waals surface area contributed by atoms with E-state index in [9.17, 15) is 63.3 Å². The number of phenols is 1. The summed E-state index contributed by atoms with van der Waals surface area (Å²) in [6.45, 7) is 3.60. The zero-order valence-corrected chi connectivity index (χ0v) is 77.1. The van der Waals surface area contributed by atoms with Gasteiger partial charge < -0.3 is 120 Å². The number of thiophene rings is 1. The van der Waals surface area contributed by atoms with E-state index in [1.54, 1.807) is 62.0 Å². The van der Waals surface area contributed by atoms with Gasteiger partial charge in [-0.1, -0.05) is 82.1 Å². The Hall–Kier alpha value is -12.2. The number of aromatic amines is 1. The number of aliphatic hydroxyl groups is 2. The number of para-hydroxylation sites is 1. The minimum atomic E-state index is -1.85. The molecule has 0 aliphatic carbocycles. The molecular formula is C87H123N21O20S3.